The number of aliphatic imine (C=N–C) groups is 1. The maximum absolute atomic E-state index is 6.39. The third-order valence-corrected chi connectivity index (χ3v) is 5.27. The lowest BCUT2D eigenvalue weighted by Gasteiger charge is -2.09. The summed E-state index contributed by atoms with van der Waals surface area (Å²) in [5.74, 6) is 2.21. The van der Waals surface area contributed by atoms with Gasteiger partial charge in [0.15, 0.2) is 0 Å². The first-order valence-corrected chi connectivity index (χ1v) is 10.9. The van der Waals surface area contributed by atoms with Crippen LogP contribution in [0.25, 0.3) is 0 Å². The van der Waals surface area contributed by atoms with Gasteiger partial charge in [0.25, 0.3) is 0 Å². The van der Waals surface area contributed by atoms with E-state index in [2.05, 4.69) is 20.9 Å². The van der Waals surface area contributed by atoms with Crippen LogP contribution >= 0.6 is 27.5 Å². The van der Waals surface area contributed by atoms with Crippen molar-refractivity contribution in [1.29, 1.82) is 0 Å². The number of ether oxygens (including phenoxy) is 2. The number of hydrogen-bond donors (Lipinski definition) is 0. The Morgan fingerprint density at radius 1 is 0.806 bits per heavy atom. The summed E-state index contributed by atoms with van der Waals surface area (Å²) >= 11 is 9.82. The fourth-order valence-electron chi connectivity index (χ4n) is 2.83. The van der Waals surface area contributed by atoms with Gasteiger partial charge in [0.2, 0.25) is 0 Å². The van der Waals surface area contributed by atoms with E-state index in [4.69, 9.17) is 21.1 Å². The van der Waals surface area contributed by atoms with Gasteiger partial charge in [-0.15, -0.1) is 0 Å². The van der Waals surface area contributed by atoms with Gasteiger partial charge in [-0.1, -0.05) is 57.9 Å². The van der Waals surface area contributed by atoms with Gasteiger partial charge in [0, 0.05) is 10.7 Å². The first-order valence-electron chi connectivity index (χ1n) is 9.69. The Labute approximate surface area is 195 Å². The molecule has 0 fully saturated rings. The van der Waals surface area contributed by atoms with Gasteiger partial charge < -0.3 is 9.47 Å². The molecule has 154 valence electrons. The zero-order valence-electron chi connectivity index (χ0n) is 16.5. The molecule has 0 spiro atoms. The number of hydrogen-bond acceptors (Lipinski definition) is 3. The molecular formula is C26H19BrClNO2. The average molecular weight is 493 g/mol. The van der Waals surface area contributed by atoms with Gasteiger partial charge >= 0.3 is 0 Å². The lowest BCUT2D eigenvalue weighted by molar-refractivity contribution is 0.306. The molecule has 0 aliphatic rings. The molecule has 4 rings (SSSR count). The number of para-hydroxylation sites is 1. The van der Waals surface area contributed by atoms with Crippen LogP contribution in [0.3, 0.4) is 0 Å². The van der Waals surface area contributed by atoms with Crippen molar-refractivity contribution >= 4 is 39.4 Å². The van der Waals surface area contributed by atoms with Crippen LogP contribution in [0, 0.1) is 0 Å². The molecule has 0 radical (unpaired) electrons. The normalized spacial score (nSPS) is 10.9. The lowest BCUT2D eigenvalue weighted by atomic mass is 10.2. The molecule has 0 saturated carbocycles. The number of benzene rings is 4. The van der Waals surface area contributed by atoms with Gasteiger partial charge in [0.05, 0.1) is 10.7 Å². The summed E-state index contributed by atoms with van der Waals surface area (Å²) in [5, 5.41) is 0.549. The minimum absolute atomic E-state index is 0.456. The summed E-state index contributed by atoms with van der Waals surface area (Å²) < 4.78 is 12.7. The minimum Gasteiger partial charge on any atom is -0.487 e. The summed E-state index contributed by atoms with van der Waals surface area (Å²) in [5.41, 5.74) is 2.79. The van der Waals surface area contributed by atoms with Crippen LogP contribution in [0.4, 0.5) is 5.69 Å². The van der Waals surface area contributed by atoms with Gasteiger partial charge in [-0.2, -0.15) is 0 Å². The third-order valence-electron chi connectivity index (χ3n) is 4.44. The Kier molecular flexibility index (Phi) is 7.03. The Bertz CT molecular complexity index is 1160. The molecule has 0 heterocycles. The van der Waals surface area contributed by atoms with Crippen molar-refractivity contribution in [1.82, 2.24) is 0 Å². The Morgan fingerprint density at radius 2 is 1.52 bits per heavy atom. The number of halogens is 2. The molecular weight excluding hydrogens is 474 g/mol. The Hall–Kier alpha value is -3.08. The van der Waals surface area contributed by atoms with Gasteiger partial charge in [-0.25, -0.2) is 0 Å². The largest absolute Gasteiger partial charge is 0.487 e. The second kappa shape index (κ2) is 10.3. The van der Waals surface area contributed by atoms with Crippen LogP contribution in [0.1, 0.15) is 11.1 Å². The van der Waals surface area contributed by atoms with Crippen molar-refractivity contribution in [2.24, 2.45) is 4.99 Å². The van der Waals surface area contributed by atoms with Crippen LogP contribution in [-0.4, -0.2) is 6.21 Å². The minimum atomic E-state index is 0.456. The first kappa shape index (κ1) is 21.2. The molecule has 0 unspecified atom stereocenters. The second-order valence-corrected chi connectivity index (χ2v) is 8.10. The summed E-state index contributed by atoms with van der Waals surface area (Å²) in [6, 6.07) is 30.9. The quantitative estimate of drug-likeness (QED) is 0.243. The van der Waals surface area contributed by atoms with Crippen molar-refractivity contribution < 1.29 is 9.47 Å². The molecule has 31 heavy (non-hydrogen) atoms. The molecule has 5 heteroatoms. The highest BCUT2D eigenvalue weighted by atomic mass is 79.9. The van der Waals surface area contributed by atoms with Gasteiger partial charge in [0.1, 0.15) is 23.9 Å². The fraction of sp³-hybridized carbons (Fsp3) is 0.0385. The zero-order valence-corrected chi connectivity index (χ0v) is 18.9. The number of nitrogens with zero attached hydrogens (tertiary/aromatic N) is 1. The van der Waals surface area contributed by atoms with Crippen LogP contribution in [0.5, 0.6) is 17.2 Å². The van der Waals surface area contributed by atoms with E-state index in [0.717, 1.165) is 32.8 Å². The molecule has 0 aromatic heterocycles. The van der Waals surface area contributed by atoms with E-state index in [0.29, 0.717) is 17.4 Å². The monoisotopic (exact) mass is 491 g/mol. The van der Waals surface area contributed by atoms with E-state index in [1.807, 2.05) is 97.1 Å². The molecule has 0 atom stereocenters. The molecule has 3 nitrogen and oxygen atoms in total. The predicted molar refractivity (Wildman–Crippen MR) is 130 cm³/mol. The summed E-state index contributed by atoms with van der Waals surface area (Å²) in [4.78, 5) is 4.51. The molecule has 0 amide bonds. The zero-order chi connectivity index (χ0) is 21.5. The van der Waals surface area contributed by atoms with Crippen molar-refractivity contribution in [2.45, 2.75) is 6.61 Å². The summed E-state index contributed by atoms with van der Waals surface area (Å²) in [7, 11) is 0. The first-order chi connectivity index (χ1) is 15.2. The molecule has 0 saturated heterocycles. The van der Waals surface area contributed by atoms with E-state index in [9.17, 15) is 0 Å². The van der Waals surface area contributed by atoms with Crippen molar-refractivity contribution in [3.63, 3.8) is 0 Å². The number of rotatable bonds is 7. The third kappa shape index (κ3) is 6.20. The fourth-order valence-corrected chi connectivity index (χ4v) is 3.34. The molecule has 4 aromatic rings. The van der Waals surface area contributed by atoms with E-state index in [1.54, 1.807) is 6.21 Å². The van der Waals surface area contributed by atoms with Crippen LogP contribution in [0.2, 0.25) is 5.02 Å². The standard InChI is InChI=1S/C26H19BrClNO2/c27-21-9-6-19(7-10-21)18-30-26-15-8-20(16-25(26)28)17-29-22-11-13-24(14-12-22)31-23-4-2-1-3-5-23/h1-17H,18H2. The molecule has 0 N–H and O–H groups in total. The highest BCUT2D eigenvalue weighted by Crippen LogP contribution is 2.27. The Morgan fingerprint density at radius 3 is 2.23 bits per heavy atom. The maximum atomic E-state index is 6.39. The van der Waals surface area contributed by atoms with Crippen molar-refractivity contribution in [3.05, 3.63) is 118 Å². The van der Waals surface area contributed by atoms with Gasteiger partial charge in [-0.05, 0) is 77.9 Å². The highest BCUT2D eigenvalue weighted by Gasteiger charge is 2.04. The topological polar surface area (TPSA) is 30.8 Å². The van der Waals surface area contributed by atoms with E-state index in [-0.39, 0.29) is 0 Å². The van der Waals surface area contributed by atoms with E-state index < -0.39 is 0 Å². The van der Waals surface area contributed by atoms with Crippen LogP contribution < -0.4 is 9.47 Å². The van der Waals surface area contributed by atoms with E-state index >= 15 is 0 Å². The average Bonchev–Trinajstić information content (AvgIpc) is 2.80. The highest BCUT2D eigenvalue weighted by molar-refractivity contribution is 9.10. The van der Waals surface area contributed by atoms with E-state index in [1.165, 1.54) is 0 Å². The van der Waals surface area contributed by atoms with Crippen molar-refractivity contribution in [3.8, 4) is 17.2 Å². The maximum Gasteiger partial charge on any atom is 0.138 e. The van der Waals surface area contributed by atoms with Crippen LogP contribution in [0.15, 0.2) is 107 Å². The predicted octanol–water partition coefficient (Wildman–Crippen LogP) is 8.22. The molecule has 0 bridgehead atoms. The van der Waals surface area contributed by atoms with Gasteiger partial charge in [-0.3, -0.25) is 4.99 Å². The Balaban J connectivity index is 1.36. The molecule has 0 aliphatic carbocycles. The second-order valence-electron chi connectivity index (χ2n) is 6.77. The smallest absolute Gasteiger partial charge is 0.138 e. The lowest BCUT2D eigenvalue weighted by Crippen LogP contribution is -1.96. The van der Waals surface area contributed by atoms with Crippen molar-refractivity contribution in [2.75, 3.05) is 0 Å². The molecule has 4 aromatic carbocycles. The summed E-state index contributed by atoms with van der Waals surface area (Å²) in [6.07, 6.45) is 1.78. The SMILES string of the molecule is Clc1cc(C=Nc2ccc(Oc3ccccc3)cc2)ccc1OCc1ccc(Br)cc1. The molecule has 0 aliphatic heterocycles. The summed E-state index contributed by atoms with van der Waals surface area (Å²) in [6.45, 7) is 0.456. The van der Waals surface area contributed by atoms with Crippen LogP contribution in [-0.2, 0) is 6.61 Å².